The Morgan fingerprint density at radius 2 is 1.95 bits per heavy atom. The molecule has 0 amide bonds. The van der Waals surface area contributed by atoms with Crippen molar-refractivity contribution in [1.82, 2.24) is 25.0 Å². The van der Waals surface area contributed by atoms with Crippen LogP contribution in [0.5, 0.6) is 0 Å². The summed E-state index contributed by atoms with van der Waals surface area (Å²) in [5.41, 5.74) is 8.59. The predicted octanol–water partition coefficient (Wildman–Crippen LogP) is 2.79. The molecule has 6 nitrogen and oxygen atoms in total. The molecule has 1 fully saturated rings. The number of rotatable bonds is 1. The van der Waals surface area contributed by atoms with Crippen molar-refractivity contribution in [1.29, 1.82) is 0 Å². The third-order valence-corrected chi connectivity index (χ3v) is 4.33. The third-order valence-electron chi connectivity index (χ3n) is 4.33. The second kappa shape index (κ2) is 4.47. The van der Waals surface area contributed by atoms with Crippen molar-refractivity contribution < 1.29 is 0 Å². The lowest BCUT2D eigenvalue weighted by atomic mass is 10.1. The first-order valence-electron chi connectivity index (χ1n) is 7.31. The molecule has 1 aliphatic carbocycles. The molecule has 4 rings (SSSR count). The number of nitrogens with zero attached hydrogens (tertiary/aromatic N) is 4. The molecule has 3 N–H and O–H groups in total. The molecule has 20 heavy (non-hydrogen) atoms. The van der Waals surface area contributed by atoms with E-state index in [1.165, 1.54) is 38.5 Å². The molecule has 0 unspecified atom stereocenters. The number of hydrogen-bond acceptors (Lipinski definition) is 4. The van der Waals surface area contributed by atoms with Crippen molar-refractivity contribution in [3.05, 3.63) is 12.3 Å². The predicted molar refractivity (Wildman–Crippen MR) is 78.3 cm³/mol. The van der Waals surface area contributed by atoms with Gasteiger partial charge in [0.05, 0.1) is 11.4 Å². The molecule has 3 aromatic heterocycles. The topological polar surface area (TPSA) is 85.4 Å². The maximum absolute atomic E-state index is 6.08. The highest BCUT2D eigenvalue weighted by atomic mass is 15.3. The van der Waals surface area contributed by atoms with E-state index in [9.17, 15) is 0 Å². The van der Waals surface area contributed by atoms with Crippen molar-refractivity contribution in [3.63, 3.8) is 0 Å². The Bertz CT molecular complexity index is 748. The van der Waals surface area contributed by atoms with E-state index in [-0.39, 0.29) is 0 Å². The van der Waals surface area contributed by atoms with Gasteiger partial charge >= 0.3 is 0 Å². The second-order valence-corrected chi connectivity index (χ2v) is 5.62. The smallest absolute Gasteiger partial charge is 0.184 e. The quantitative estimate of drug-likeness (QED) is 0.666. The fourth-order valence-electron chi connectivity index (χ4n) is 3.32. The highest BCUT2D eigenvalue weighted by Gasteiger charge is 2.20. The van der Waals surface area contributed by atoms with Gasteiger partial charge in [-0.2, -0.15) is 0 Å². The molecular formula is C14H18N6. The fraction of sp³-hybridized carbons (Fsp3) is 0.500. The molecule has 1 aliphatic rings. The van der Waals surface area contributed by atoms with Crippen LogP contribution in [0.2, 0.25) is 0 Å². The maximum Gasteiger partial charge on any atom is 0.184 e. The Balaban J connectivity index is 1.95. The SMILES string of the molecule is Nc1[nH]n(C2CCCCCC2)c2c1nnc1nccc12. The van der Waals surface area contributed by atoms with Crippen molar-refractivity contribution in [2.75, 3.05) is 5.73 Å². The van der Waals surface area contributed by atoms with E-state index in [0.717, 1.165) is 16.4 Å². The number of hydrogen-bond donors (Lipinski definition) is 2. The molecule has 0 spiro atoms. The van der Waals surface area contributed by atoms with Crippen LogP contribution < -0.4 is 5.73 Å². The summed E-state index contributed by atoms with van der Waals surface area (Å²) in [6, 6.07) is 2.46. The Kier molecular flexibility index (Phi) is 2.61. The summed E-state index contributed by atoms with van der Waals surface area (Å²) in [6.45, 7) is 0. The molecule has 1 saturated carbocycles. The highest BCUT2D eigenvalue weighted by molar-refractivity contribution is 6.03. The van der Waals surface area contributed by atoms with Gasteiger partial charge in [0.15, 0.2) is 11.2 Å². The van der Waals surface area contributed by atoms with Crippen LogP contribution in [0, 0.1) is 0 Å². The van der Waals surface area contributed by atoms with E-state index in [1.807, 2.05) is 6.07 Å². The van der Waals surface area contributed by atoms with Gasteiger partial charge in [0.2, 0.25) is 0 Å². The average Bonchev–Trinajstić information content (AvgIpc) is 2.95. The monoisotopic (exact) mass is 270 g/mol. The minimum atomic E-state index is 0.472. The third kappa shape index (κ3) is 1.67. The van der Waals surface area contributed by atoms with E-state index in [1.54, 1.807) is 6.20 Å². The zero-order valence-electron chi connectivity index (χ0n) is 11.3. The van der Waals surface area contributed by atoms with Crippen LogP contribution in [0.25, 0.3) is 22.1 Å². The van der Waals surface area contributed by atoms with Crippen molar-refractivity contribution in [2.45, 2.75) is 44.6 Å². The van der Waals surface area contributed by atoms with Crippen LogP contribution in [0.15, 0.2) is 12.3 Å². The average molecular weight is 270 g/mol. The summed E-state index contributed by atoms with van der Waals surface area (Å²) < 4.78 is 2.20. The van der Waals surface area contributed by atoms with E-state index in [2.05, 4.69) is 25.0 Å². The molecule has 0 aromatic carbocycles. The standard InChI is InChI=1S/C14H18N6/c15-13-11-12(10-7-8-16-14(10)18-17-11)20(19-13)9-5-3-1-2-4-6-9/h7-9,19H,1-6,15H2. The number of fused-ring (bicyclic) bond motifs is 3. The Labute approximate surface area is 116 Å². The molecule has 0 atom stereocenters. The van der Waals surface area contributed by atoms with Gasteiger partial charge in [-0.05, 0) is 18.9 Å². The van der Waals surface area contributed by atoms with Gasteiger partial charge in [-0.1, -0.05) is 25.7 Å². The lowest BCUT2D eigenvalue weighted by Crippen LogP contribution is -2.10. The summed E-state index contributed by atoms with van der Waals surface area (Å²) in [5, 5.41) is 12.7. The van der Waals surface area contributed by atoms with Gasteiger partial charge < -0.3 is 5.73 Å². The first-order chi connectivity index (χ1) is 9.84. The Morgan fingerprint density at radius 3 is 2.75 bits per heavy atom. The fourth-order valence-corrected chi connectivity index (χ4v) is 3.32. The van der Waals surface area contributed by atoms with Gasteiger partial charge in [-0.15, -0.1) is 10.2 Å². The summed E-state index contributed by atoms with van der Waals surface area (Å²) in [7, 11) is 0. The van der Waals surface area contributed by atoms with Gasteiger partial charge in [0.1, 0.15) is 11.3 Å². The number of nitrogens with two attached hydrogens (primary N) is 1. The molecule has 6 heteroatoms. The van der Waals surface area contributed by atoms with Crippen LogP contribution in [0.1, 0.15) is 44.6 Å². The van der Waals surface area contributed by atoms with E-state index < -0.39 is 0 Å². The summed E-state index contributed by atoms with van der Waals surface area (Å²) in [5.74, 6) is 0.597. The van der Waals surface area contributed by atoms with Gasteiger partial charge in [0.25, 0.3) is 0 Å². The summed E-state index contributed by atoms with van der Waals surface area (Å²) >= 11 is 0. The zero-order chi connectivity index (χ0) is 13.5. The molecule has 104 valence electrons. The number of anilines is 1. The molecule has 0 bridgehead atoms. The van der Waals surface area contributed by atoms with Crippen LogP contribution in [0.3, 0.4) is 0 Å². The van der Waals surface area contributed by atoms with Crippen LogP contribution in [-0.2, 0) is 0 Å². The van der Waals surface area contributed by atoms with Gasteiger partial charge in [0, 0.05) is 6.20 Å². The second-order valence-electron chi connectivity index (χ2n) is 5.62. The lowest BCUT2D eigenvalue weighted by molar-refractivity contribution is 0.419. The Hall–Kier alpha value is -2.11. The van der Waals surface area contributed by atoms with Gasteiger partial charge in [-0.3, -0.25) is 9.78 Å². The minimum Gasteiger partial charge on any atom is -0.382 e. The first-order valence-corrected chi connectivity index (χ1v) is 7.31. The minimum absolute atomic E-state index is 0.472. The molecule has 3 aromatic rings. The largest absolute Gasteiger partial charge is 0.382 e. The number of H-pyrrole nitrogens is 1. The van der Waals surface area contributed by atoms with E-state index >= 15 is 0 Å². The lowest BCUT2D eigenvalue weighted by Gasteiger charge is -2.17. The van der Waals surface area contributed by atoms with Crippen molar-refractivity contribution in [3.8, 4) is 0 Å². The Morgan fingerprint density at radius 1 is 1.15 bits per heavy atom. The normalized spacial score (nSPS) is 17.8. The number of nitrogen functional groups attached to an aromatic ring is 1. The summed E-state index contributed by atoms with van der Waals surface area (Å²) in [4.78, 5) is 4.24. The maximum atomic E-state index is 6.08. The highest BCUT2D eigenvalue weighted by Crippen LogP contribution is 2.33. The van der Waals surface area contributed by atoms with Gasteiger partial charge in [-0.25, -0.2) is 4.98 Å². The number of nitrogens with one attached hydrogen (secondary N) is 1. The van der Waals surface area contributed by atoms with Crippen LogP contribution in [-0.4, -0.2) is 25.0 Å². The molecule has 0 aliphatic heterocycles. The number of aromatic nitrogens is 5. The van der Waals surface area contributed by atoms with Crippen molar-refractivity contribution in [2.24, 2.45) is 0 Å². The molecule has 3 heterocycles. The van der Waals surface area contributed by atoms with Crippen molar-refractivity contribution >= 4 is 27.9 Å². The summed E-state index contributed by atoms with van der Waals surface area (Å²) in [6.07, 6.45) is 9.38. The molecule has 0 saturated heterocycles. The number of aromatic amines is 1. The van der Waals surface area contributed by atoms with Crippen LogP contribution >= 0.6 is 0 Å². The van der Waals surface area contributed by atoms with Crippen LogP contribution in [0.4, 0.5) is 5.82 Å². The molecular weight excluding hydrogens is 252 g/mol. The molecule has 0 radical (unpaired) electrons. The zero-order valence-corrected chi connectivity index (χ0v) is 11.3. The van der Waals surface area contributed by atoms with E-state index in [4.69, 9.17) is 5.73 Å². The van der Waals surface area contributed by atoms with E-state index in [0.29, 0.717) is 17.5 Å². The first kappa shape index (κ1) is 11.7.